The largest absolute Gasteiger partial charge is 0.573 e. The topological polar surface area (TPSA) is 93.1 Å². The molecule has 0 bridgehead atoms. The summed E-state index contributed by atoms with van der Waals surface area (Å²) in [6.45, 7) is -0.417. The number of hydrogen-bond acceptors (Lipinski definition) is 5. The second kappa shape index (κ2) is 10.3. The highest BCUT2D eigenvalue weighted by atomic mass is 32.2. The van der Waals surface area contributed by atoms with E-state index >= 15 is 0 Å². The van der Waals surface area contributed by atoms with Crippen LogP contribution in [0.25, 0.3) is 11.1 Å². The Labute approximate surface area is 218 Å². The maximum Gasteiger partial charge on any atom is 0.573 e. The molecule has 7 nitrogen and oxygen atoms in total. The van der Waals surface area contributed by atoms with Gasteiger partial charge in [-0.15, -0.1) is 13.2 Å². The maximum absolute atomic E-state index is 13.6. The lowest BCUT2D eigenvalue weighted by atomic mass is 10.0. The highest BCUT2D eigenvalue weighted by Gasteiger charge is 2.37. The van der Waals surface area contributed by atoms with E-state index in [0.29, 0.717) is 6.07 Å². The van der Waals surface area contributed by atoms with E-state index in [-0.39, 0.29) is 35.4 Å². The summed E-state index contributed by atoms with van der Waals surface area (Å²) in [6, 6.07) is 12.2. The summed E-state index contributed by atoms with van der Waals surface area (Å²) < 4.78 is 116. The van der Waals surface area contributed by atoms with E-state index in [0.717, 1.165) is 34.6 Å². The molecule has 1 aliphatic heterocycles. The molecule has 0 radical (unpaired) electrons. The third-order valence-corrected chi connectivity index (χ3v) is 7.50. The lowest BCUT2D eigenvalue weighted by Crippen LogP contribution is -2.43. The van der Waals surface area contributed by atoms with Crippen molar-refractivity contribution in [2.75, 3.05) is 10.8 Å². The Hall–Kier alpha value is -3.94. The molecule has 39 heavy (non-hydrogen) atoms. The molecule has 0 saturated heterocycles. The molecule has 0 amide bonds. The number of ether oxygens (including phenoxy) is 2. The number of nitrogens with zero attached hydrogens (tertiary/aromatic N) is 1. The van der Waals surface area contributed by atoms with Gasteiger partial charge in [0.25, 0.3) is 10.0 Å². The number of carbonyl (C=O) groups is 1. The van der Waals surface area contributed by atoms with Crippen LogP contribution in [0.3, 0.4) is 0 Å². The molecular formula is C25H19F6NO6S. The van der Waals surface area contributed by atoms with Crippen LogP contribution in [0.1, 0.15) is 18.4 Å². The number of anilines is 1. The van der Waals surface area contributed by atoms with Gasteiger partial charge in [-0.3, -0.25) is 9.10 Å². The summed E-state index contributed by atoms with van der Waals surface area (Å²) in [5.74, 6) is -1.68. The molecule has 0 spiro atoms. The SMILES string of the molecule is O=C(O)CC[C@H]1CN(S(=O)(=O)c2cccc(C(F)(F)F)c2)c2cc(-c3cccc(OC(F)(F)F)c3)ccc2O1. The van der Waals surface area contributed by atoms with Crippen molar-refractivity contribution in [2.24, 2.45) is 0 Å². The summed E-state index contributed by atoms with van der Waals surface area (Å²) in [4.78, 5) is 10.4. The van der Waals surface area contributed by atoms with Gasteiger partial charge in [0.1, 0.15) is 17.6 Å². The Balaban J connectivity index is 1.79. The van der Waals surface area contributed by atoms with Gasteiger partial charge in [0, 0.05) is 6.42 Å². The zero-order chi connectivity index (χ0) is 28.6. The van der Waals surface area contributed by atoms with Crippen molar-refractivity contribution in [3.05, 3.63) is 72.3 Å². The predicted octanol–water partition coefficient (Wildman–Crippen LogP) is 6.09. The lowest BCUT2D eigenvalue weighted by Gasteiger charge is -2.36. The summed E-state index contributed by atoms with van der Waals surface area (Å²) in [7, 11) is -4.63. The molecule has 3 aromatic carbocycles. The summed E-state index contributed by atoms with van der Waals surface area (Å²) >= 11 is 0. The first-order valence-electron chi connectivity index (χ1n) is 11.2. The van der Waals surface area contributed by atoms with Crippen molar-refractivity contribution in [1.82, 2.24) is 0 Å². The summed E-state index contributed by atoms with van der Waals surface area (Å²) in [6.07, 6.45) is -11.1. The van der Waals surface area contributed by atoms with Gasteiger partial charge < -0.3 is 14.6 Å². The van der Waals surface area contributed by atoms with Gasteiger partial charge in [-0.25, -0.2) is 8.42 Å². The zero-order valence-corrected chi connectivity index (χ0v) is 20.5. The molecule has 0 fully saturated rings. The van der Waals surface area contributed by atoms with Crippen LogP contribution in [0.2, 0.25) is 0 Å². The normalized spacial score (nSPS) is 15.8. The van der Waals surface area contributed by atoms with Gasteiger partial charge in [-0.1, -0.05) is 24.3 Å². The first-order chi connectivity index (χ1) is 18.1. The second-order valence-electron chi connectivity index (χ2n) is 8.49. The number of alkyl halides is 6. The third kappa shape index (κ3) is 6.56. The molecule has 3 aromatic rings. The number of carboxylic acid groups (broad SMARTS) is 1. The van der Waals surface area contributed by atoms with Crippen LogP contribution in [-0.2, 0) is 21.0 Å². The molecule has 1 N–H and O–H groups in total. The number of fused-ring (bicyclic) bond motifs is 1. The molecule has 0 unspecified atom stereocenters. The van der Waals surface area contributed by atoms with E-state index in [1.54, 1.807) is 0 Å². The van der Waals surface area contributed by atoms with Crippen LogP contribution >= 0.6 is 0 Å². The average Bonchev–Trinajstić information content (AvgIpc) is 2.85. The Bertz CT molecular complexity index is 1490. The molecule has 0 aromatic heterocycles. The highest BCUT2D eigenvalue weighted by Crippen LogP contribution is 2.41. The summed E-state index contributed by atoms with van der Waals surface area (Å²) in [5.41, 5.74) is -0.782. The van der Waals surface area contributed by atoms with E-state index in [1.165, 1.54) is 30.3 Å². The molecule has 14 heteroatoms. The highest BCUT2D eigenvalue weighted by molar-refractivity contribution is 7.92. The lowest BCUT2D eigenvalue weighted by molar-refractivity contribution is -0.274. The average molecular weight is 575 g/mol. The van der Waals surface area contributed by atoms with Crippen molar-refractivity contribution in [3.63, 3.8) is 0 Å². The molecule has 0 saturated carbocycles. The van der Waals surface area contributed by atoms with Crippen molar-refractivity contribution in [2.45, 2.75) is 36.4 Å². The van der Waals surface area contributed by atoms with E-state index in [2.05, 4.69) is 4.74 Å². The molecule has 4 rings (SSSR count). The molecule has 1 atom stereocenters. The number of halogens is 6. The Morgan fingerprint density at radius 1 is 0.974 bits per heavy atom. The smallest absolute Gasteiger partial charge is 0.486 e. The van der Waals surface area contributed by atoms with Crippen LogP contribution in [0, 0.1) is 0 Å². The monoisotopic (exact) mass is 575 g/mol. The standard InChI is InChI=1S/C25H19F6NO6S/c26-24(27,28)17-4-2-6-20(13-17)39(35,36)32-14-19(8-10-23(33)34)37-22-9-7-16(12-21(22)32)15-3-1-5-18(11-15)38-25(29,30)31/h1-7,9,11-13,19H,8,10,14H2,(H,33,34)/t19-/m0/s1. The molecular weight excluding hydrogens is 556 g/mol. The minimum Gasteiger partial charge on any atom is -0.486 e. The van der Waals surface area contributed by atoms with Gasteiger partial charge in [-0.2, -0.15) is 13.2 Å². The number of hydrogen-bond donors (Lipinski definition) is 1. The van der Waals surface area contributed by atoms with Gasteiger partial charge in [0.15, 0.2) is 0 Å². The number of rotatable bonds is 7. The quantitative estimate of drug-likeness (QED) is 0.343. The number of sulfonamides is 1. The van der Waals surface area contributed by atoms with Crippen molar-refractivity contribution in [3.8, 4) is 22.6 Å². The molecule has 1 aliphatic rings. The molecule has 0 aliphatic carbocycles. The minimum absolute atomic E-state index is 0.00126. The Morgan fingerprint density at radius 2 is 1.67 bits per heavy atom. The van der Waals surface area contributed by atoms with Gasteiger partial charge in [-0.05, 0) is 60.0 Å². The van der Waals surface area contributed by atoms with Crippen molar-refractivity contribution in [1.29, 1.82) is 0 Å². The van der Waals surface area contributed by atoms with Crippen molar-refractivity contribution >= 4 is 21.7 Å². The van der Waals surface area contributed by atoms with Crippen molar-refractivity contribution < 1.29 is 54.1 Å². The second-order valence-corrected chi connectivity index (χ2v) is 10.4. The minimum atomic E-state index is -4.94. The number of carboxylic acids is 1. The van der Waals surface area contributed by atoms with Crippen LogP contribution < -0.4 is 13.8 Å². The molecule has 208 valence electrons. The Morgan fingerprint density at radius 3 is 2.33 bits per heavy atom. The third-order valence-electron chi connectivity index (χ3n) is 5.72. The fraction of sp³-hybridized carbons (Fsp3) is 0.240. The predicted molar refractivity (Wildman–Crippen MR) is 126 cm³/mol. The Kier molecular flexibility index (Phi) is 7.43. The number of aliphatic carboxylic acids is 1. The first kappa shape index (κ1) is 28.1. The number of benzene rings is 3. The van der Waals surface area contributed by atoms with Gasteiger partial charge in [0.2, 0.25) is 0 Å². The van der Waals surface area contributed by atoms with Crippen LogP contribution in [-0.4, -0.2) is 38.5 Å². The van der Waals surface area contributed by atoms with E-state index in [1.807, 2.05) is 0 Å². The zero-order valence-electron chi connectivity index (χ0n) is 19.7. The fourth-order valence-corrected chi connectivity index (χ4v) is 5.53. The first-order valence-corrected chi connectivity index (χ1v) is 12.7. The van der Waals surface area contributed by atoms with Gasteiger partial charge in [0.05, 0.1) is 22.7 Å². The van der Waals surface area contributed by atoms with Gasteiger partial charge >= 0.3 is 18.5 Å². The van der Waals surface area contributed by atoms with Crippen LogP contribution in [0.5, 0.6) is 11.5 Å². The van der Waals surface area contributed by atoms with Crippen LogP contribution in [0.4, 0.5) is 32.0 Å². The van der Waals surface area contributed by atoms with E-state index < -0.39 is 57.4 Å². The maximum atomic E-state index is 13.6. The van der Waals surface area contributed by atoms with E-state index in [4.69, 9.17) is 9.84 Å². The molecule has 1 heterocycles. The van der Waals surface area contributed by atoms with Crippen LogP contribution in [0.15, 0.2) is 71.6 Å². The summed E-state index contributed by atoms with van der Waals surface area (Å²) in [5, 5.41) is 9.03. The van der Waals surface area contributed by atoms with E-state index in [9.17, 15) is 39.6 Å². The fourth-order valence-electron chi connectivity index (χ4n) is 3.99.